The van der Waals surface area contributed by atoms with E-state index in [1.807, 2.05) is 25.2 Å². The molecule has 0 fully saturated rings. The Labute approximate surface area is 201 Å². The number of aromatic nitrogens is 5. The molecule has 33 heavy (non-hydrogen) atoms. The van der Waals surface area contributed by atoms with Gasteiger partial charge in [0, 0.05) is 35.6 Å². The van der Waals surface area contributed by atoms with Gasteiger partial charge in [-0.1, -0.05) is 29.3 Å². The van der Waals surface area contributed by atoms with Gasteiger partial charge in [0.15, 0.2) is 11.0 Å². The molecule has 5 aromatic rings. The van der Waals surface area contributed by atoms with E-state index < -0.39 is 20.7 Å². The Bertz CT molecular complexity index is 1610. The van der Waals surface area contributed by atoms with Crippen molar-refractivity contribution < 1.29 is 12.8 Å². The summed E-state index contributed by atoms with van der Waals surface area (Å²) in [6.07, 6.45) is 1.69. The molecule has 0 amide bonds. The summed E-state index contributed by atoms with van der Waals surface area (Å²) in [6.45, 7) is 0. The number of nitrogens with zero attached hydrogens (tertiary/aromatic N) is 5. The minimum absolute atomic E-state index is 0.0215. The van der Waals surface area contributed by atoms with Crippen LogP contribution in [0.25, 0.3) is 27.8 Å². The molecule has 3 heterocycles. The molecule has 0 atom stereocenters. The fourth-order valence-corrected chi connectivity index (χ4v) is 5.60. The van der Waals surface area contributed by atoms with Crippen molar-refractivity contribution in [3.8, 4) is 16.9 Å². The van der Waals surface area contributed by atoms with Gasteiger partial charge in [0.05, 0.1) is 27.4 Å². The minimum Gasteiger partial charge on any atom is -0.268 e. The van der Waals surface area contributed by atoms with Gasteiger partial charge in [-0.25, -0.2) is 22.5 Å². The second kappa shape index (κ2) is 8.10. The maximum Gasteiger partial charge on any atom is 0.266 e. The summed E-state index contributed by atoms with van der Waals surface area (Å²) in [5.41, 5.74) is 3.93. The average Bonchev–Trinajstić information content (AvgIpc) is 3.50. The van der Waals surface area contributed by atoms with Crippen LogP contribution in [0.15, 0.2) is 58.4 Å². The molecule has 3 aromatic heterocycles. The van der Waals surface area contributed by atoms with Crippen molar-refractivity contribution in [2.75, 3.05) is 4.72 Å². The molecule has 1 N–H and O–H groups in total. The molecule has 2 aromatic carbocycles. The highest BCUT2D eigenvalue weighted by Gasteiger charge is 2.24. The molecular formula is C20H13Cl2FN6O2S2. The predicted octanol–water partition coefficient (Wildman–Crippen LogP) is 5.13. The number of thiazole rings is 1. The lowest BCUT2D eigenvalue weighted by molar-refractivity contribution is 0.569. The van der Waals surface area contributed by atoms with E-state index >= 15 is 0 Å². The van der Waals surface area contributed by atoms with Crippen molar-refractivity contribution in [2.24, 2.45) is 7.05 Å². The first-order chi connectivity index (χ1) is 15.7. The fraction of sp³-hybridized carbons (Fsp3) is 0.0500. The number of benzene rings is 2. The third kappa shape index (κ3) is 3.86. The van der Waals surface area contributed by atoms with Crippen LogP contribution in [-0.2, 0) is 17.1 Å². The molecule has 0 saturated carbocycles. The van der Waals surface area contributed by atoms with Gasteiger partial charge in [-0.2, -0.15) is 10.2 Å². The lowest BCUT2D eigenvalue weighted by atomic mass is 10.1. The molecule has 0 saturated heterocycles. The zero-order valence-corrected chi connectivity index (χ0v) is 19.8. The quantitative estimate of drug-likeness (QED) is 0.345. The smallest absolute Gasteiger partial charge is 0.266 e. The topological polar surface area (TPSA) is 94.7 Å². The Kier molecular flexibility index (Phi) is 5.36. The average molecular weight is 523 g/mol. The molecule has 0 aliphatic rings. The molecule has 0 radical (unpaired) electrons. The summed E-state index contributed by atoms with van der Waals surface area (Å²) >= 11 is 14.0. The molecular weight excluding hydrogens is 510 g/mol. The van der Waals surface area contributed by atoms with Crippen molar-refractivity contribution in [2.45, 2.75) is 4.90 Å². The van der Waals surface area contributed by atoms with Crippen LogP contribution in [0, 0.1) is 5.82 Å². The summed E-state index contributed by atoms with van der Waals surface area (Å²) < 4.78 is 45.5. The van der Waals surface area contributed by atoms with Crippen LogP contribution in [0.3, 0.4) is 0 Å². The first kappa shape index (κ1) is 21.8. The van der Waals surface area contributed by atoms with E-state index in [-0.39, 0.29) is 21.7 Å². The van der Waals surface area contributed by atoms with Crippen LogP contribution in [0.4, 0.5) is 10.2 Å². The SMILES string of the molecule is Cn1nccc1-c1ccc2c(c1)c(Cl)nn2-c1cc(F)c(S(=O)(=O)Nc2cscn2)cc1Cl. The molecule has 5 rings (SSSR count). The van der Waals surface area contributed by atoms with Crippen molar-refractivity contribution in [3.63, 3.8) is 0 Å². The first-order valence-corrected chi connectivity index (χ1v) is 12.5. The lowest BCUT2D eigenvalue weighted by Gasteiger charge is -2.11. The van der Waals surface area contributed by atoms with E-state index in [1.54, 1.807) is 16.9 Å². The lowest BCUT2D eigenvalue weighted by Crippen LogP contribution is -2.15. The predicted molar refractivity (Wildman–Crippen MR) is 126 cm³/mol. The third-order valence-corrected chi connectivity index (χ3v) is 7.48. The molecule has 13 heteroatoms. The largest absolute Gasteiger partial charge is 0.268 e. The Morgan fingerprint density at radius 1 is 1.15 bits per heavy atom. The van der Waals surface area contributed by atoms with E-state index in [0.717, 1.165) is 23.4 Å². The van der Waals surface area contributed by atoms with E-state index in [0.29, 0.717) is 10.9 Å². The zero-order chi connectivity index (χ0) is 23.3. The number of anilines is 1. The highest BCUT2D eigenvalue weighted by atomic mass is 35.5. The second-order valence-corrected chi connectivity index (χ2v) is 10.1. The standard InChI is InChI=1S/C20H13Cl2FN6O2S2/c1-28-15(4-5-25-28)11-2-3-16-12(6-11)20(22)26-29(16)17-8-14(23)18(7-13(17)21)33(30,31)27-19-9-32-10-24-19/h2-10,27H,1H3. The summed E-state index contributed by atoms with van der Waals surface area (Å²) in [5.74, 6) is -0.905. The Morgan fingerprint density at radius 2 is 1.97 bits per heavy atom. The van der Waals surface area contributed by atoms with Crippen molar-refractivity contribution >= 4 is 61.3 Å². The van der Waals surface area contributed by atoms with Crippen LogP contribution in [0.1, 0.15) is 0 Å². The zero-order valence-electron chi connectivity index (χ0n) is 16.7. The van der Waals surface area contributed by atoms with E-state index in [9.17, 15) is 12.8 Å². The van der Waals surface area contributed by atoms with Crippen LogP contribution in [0.5, 0.6) is 0 Å². The van der Waals surface area contributed by atoms with E-state index in [1.165, 1.54) is 26.9 Å². The summed E-state index contributed by atoms with van der Waals surface area (Å²) in [7, 11) is -2.41. The molecule has 0 unspecified atom stereocenters. The normalized spacial score (nSPS) is 11.9. The highest BCUT2D eigenvalue weighted by molar-refractivity contribution is 7.92. The molecule has 0 spiro atoms. The van der Waals surface area contributed by atoms with Gasteiger partial charge in [0.2, 0.25) is 0 Å². The van der Waals surface area contributed by atoms with E-state index in [4.69, 9.17) is 23.2 Å². The number of sulfonamides is 1. The van der Waals surface area contributed by atoms with Gasteiger partial charge in [-0.05, 0) is 24.3 Å². The number of halogens is 3. The summed E-state index contributed by atoms with van der Waals surface area (Å²) in [6, 6.07) is 9.39. The Balaban J connectivity index is 1.59. The van der Waals surface area contributed by atoms with Crippen LogP contribution in [-0.4, -0.2) is 33.0 Å². The summed E-state index contributed by atoms with van der Waals surface area (Å²) in [5, 5.41) is 10.7. The monoisotopic (exact) mass is 522 g/mol. The van der Waals surface area contributed by atoms with Gasteiger partial charge < -0.3 is 0 Å². The molecule has 8 nitrogen and oxygen atoms in total. The van der Waals surface area contributed by atoms with Crippen molar-refractivity contribution in [3.05, 3.63) is 69.5 Å². The molecule has 0 aliphatic carbocycles. The minimum atomic E-state index is -4.24. The molecule has 0 aliphatic heterocycles. The maximum atomic E-state index is 15.0. The van der Waals surface area contributed by atoms with Crippen LogP contribution in [0.2, 0.25) is 10.2 Å². The third-order valence-electron chi connectivity index (χ3n) is 4.94. The van der Waals surface area contributed by atoms with Crippen LogP contribution < -0.4 is 4.72 Å². The number of fused-ring (bicyclic) bond motifs is 1. The van der Waals surface area contributed by atoms with Crippen molar-refractivity contribution in [1.82, 2.24) is 24.5 Å². The van der Waals surface area contributed by atoms with Crippen molar-refractivity contribution in [1.29, 1.82) is 0 Å². The Hall–Kier alpha value is -2.99. The molecule has 0 bridgehead atoms. The fourth-order valence-electron chi connectivity index (χ4n) is 3.42. The highest BCUT2D eigenvalue weighted by Crippen LogP contribution is 2.34. The van der Waals surface area contributed by atoms with E-state index in [2.05, 4.69) is 19.9 Å². The van der Waals surface area contributed by atoms with Gasteiger partial charge in [-0.3, -0.25) is 9.40 Å². The first-order valence-electron chi connectivity index (χ1n) is 9.31. The number of rotatable bonds is 5. The number of nitrogens with one attached hydrogen (secondary N) is 1. The maximum absolute atomic E-state index is 15.0. The van der Waals surface area contributed by atoms with Gasteiger partial charge >= 0.3 is 0 Å². The van der Waals surface area contributed by atoms with Gasteiger partial charge in [-0.15, -0.1) is 11.3 Å². The summed E-state index contributed by atoms with van der Waals surface area (Å²) in [4.78, 5) is 3.24. The number of aryl methyl sites for hydroxylation is 1. The Morgan fingerprint density at radius 3 is 2.67 bits per heavy atom. The number of hydrogen-bond acceptors (Lipinski definition) is 6. The van der Waals surface area contributed by atoms with Crippen LogP contribution >= 0.6 is 34.5 Å². The number of hydrogen-bond donors (Lipinski definition) is 1. The van der Waals surface area contributed by atoms with Gasteiger partial charge in [0.1, 0.15) is 10.7 Å². The van der Waals surface area contributed by atoms with Gasteiger partial charge in [0.25, 0.3) is 10.0 Å². The second-order valence-electron chi connectivity index (χ2n) is 6.99. The molecule has 168 valence electrons.